The zero-order valence-electron chi connectivity index (χ0n) is 15.7. The predicted octanol–water partition coefficient (Wildman–Crippen LogP) is 3.71. The number of alkyl halides is 2. The van der Waals surface area contributed by atoms with Crippen molar-refractivity contribution in [3.05, 3.63) is 58.9 Å². The number of aryl methyl sites for hydroxylation is 3. The third-order valence-corrected chi connectivity index (χ3v) is 4.24. The summed E-state index contributed by atoms with van der Waals surface area (Å²) in [5, 5.41) is 3.96. The van der Waals surface area contributed by atoms with E-state index in [0.29, 0.717) is 16.7 Å². The number of para-hydroxylation sites is 2. The van der Waals surface area contributed by atoms with Gasteiger partial charge >= 0.3 is 6.61 Å². The van der Waals surface area contributed by atoms with E-state index in [1.807, 2.05) is 35.8 Å². The largest absolute Gasteiger partial charge is 0.434 e. The molecule has 28 heavy (non-hydrogen) atoms. The molecule has 0 spiro atoms. The molecule has 2 aromatic carbocycles. The molecule has 0 aliphatic rings. The number of halogens is 2. The number of fused-ring (bicyclic) bond motifs is 1. The maximum atomic E-state index is 12.5. The summed E-state index contributed by atoms with van der Waals surface area (Å²) in [6.45, 7) is 2.40. The first-order valence-electron chi connectivity index (χ1n) is 8.65. The number of hydrazone groups is 1. The van der Waals surface area contributed by atoms with Crippen LogP contribution >= 0.6 is 0 Å². The number of benzene rings is 2. The number of nitrogens with zero attached hydrogens (tertiary/aromatic N) is 3. The first-order valence-corrected chi connectivity index (χ1v) is 8.65. The molecule has 1 N–H and O–H groups in total. The van der Waals surface area contributed by atoms with Gasteiger partial charge < -0.3 is 9.30 Å². The van der Waals surface area contributed by atoms with E-state index in [9.17, 15) is 13.6 Å². The monoisotopic (exact) mass is 386 g/mol. The van der Waals surface area contributed by atoms with Gasteiger partial charge in [-0.15, -0.1) is 0 Å². The van der Waals surface area contributed by atoms with E-state index in [4.69, 9.17) is 0 Å². The minimum Gasteiger partial charge on any atom is -0.434 e. The number of hydrogen-bond acceptors (Lipinski definition) is 4. The van der Waals surface area contributed by atoms with Crippen LogP contribution < -0.4 is 10.2 Å². The highest BCUT2D eigenvalue weighted by molar-refractivity contribution is 5.84. The van der Waals surface area contributed by atoms with Crippen LogP contribution in [0.3, 0.4) is 0 Å². The predicted molar refractivity (Wildman–Crippen MR) is 103 cm³/mol. The molecular formula is C20H20F2N4O2. The van der Waals surface area contributed by atoms with Gasteiger partial charge in [0.15, 0.2) is 0 Å². The van der Waals surface area contributed by atoms with Crippen LogP contribution in [0.4, 0.5) is 8.78 Å². The van der Waals surface area contributed by atoms with E-state index in [0.717, 1.165) is 16.9 Å². The highest BCUT2D eigenvalue weighted by Crippen LogP contribution is 2.25. The van der Waals surface area contributed by atoms with Gasteiger partial charge in [-0.2, -0.15) is 13.9 Å². The lowest BCUT2D eigenvalue weighted by Gasteiger charge is -2.11. The average Bonchev–Trinajstić information content (AvgIpc) is 2.93. The molecule has 0 saturated heterocycles. The molecule has 0 radical (unpaired) electrons. The van der Waals surface area contributed by atoms with Crippen molar-refractivity contribution in [3.63, 3.8) is 0 Å². The molecule has 146 valence electrons. The standard InChI is InChI=1S/C20H20F2N4O2/c1-12-8-15(9-13(2)19(12)28-20(21)22)10-23-25-18(27)11-26-14(3)24-16-6-4-5-7-17(16)26/h4-10,20H,11H2,1-3H3,(H,25,27)/b23-10-. The third kappa shape index (κ3) is 4.33. The summed E-state index contributed by atoms with van der Waals surface area (Å²) in [6.07, 6.45) is 1.46. The van der Waals surface area contributed by atoms with Crippen LogP contribution in [0.25, 0.3) is 11.0 Å². The Hall–Kier alpha value is -3.29. The Balaban J connectivity index is 1.67. The zero-order chi connectivity index (χ0) is 20.3. The molecule has 3 aromatic rings. The second-order valence-corrected chi connectivity index (χ2v) is 6.39. The number of amides is 1. The molecule has 1 aromatic heterocycles. The van der Waals surface area contributed by atoms with Crippen molar-refractivity contribution in [1.82, 2.24) is 15.0 Å². The van der Waals surface area contributed by atoms with Crippen molar-refractivity contribution in [2.75, 3.05) is 0 Å². The smallest absolute Gasteiger partial charge is 0.387 e. The number of rotatable bonds is 6. The van der Waals surface area contributed by atoms with E-state index in [1.54, 1.807) is 26.0 Å². The molecule has 6 nitrogen and oxygen atoms in total. The van der Waals surface area contributed by atoms with E-state index in [1.165, 1.54) is 6.21 Å². The molecule has 0 bridgehead atoms. The topological polar surface area (TPSA) is 68.5 Å². The minimum atomic E-state index is -2.88. The van der Waals surface area contributed by atoms with Crippen molar-refractivity contribution in [3.8, 4) is 5.75 Å². The van der Waals surface area contributed by atoms with Crippen LogP contribution in [0.5, 0.6) is 5.75 Å². The molecule has 0 aliphatic carbocycles. The van der Waals surface area contributed by atoms with E-state index >= 15 is 0 Å². The Bertz CT molecular complexity index is 1020. The van der Waals surface area contributed by atoms with Crippen LogP contribution in [-0.2, 0) is 11.3 Å². The molecule has 0 atom stereocenters. The van der Waals surface area contributed by atoms with E-state index in [2.05, 4.69) is 20.2 Å². The highest BCUT2D eigenvalue weighted by Gasteiger charge is 2.12. The van der Waals surface area contributed by atoms with Crippen LogP contribution in [0, 0.1) is 20.8 Å². The number of ether oxygens (including phenoxy) is 1. The van der Waals surface area contributed by atoms with Crippen molar-refractivity contribution < 1.29 is 18.3 Å². The summed E-state index contributed by atoms with van der Waals surface area (Å²) in [6, 6.07) is 10.9. The van der Waals surface area contributed by atoms with Gasteiger partial charge in [0.05, 0.1) is 17.2 Å². The molecule has 1 heterocycles. The lowest BCUT2D eigenvalue weighted by Crippen LogP contribution is -2.23. The summed E-state index contributed by atoms with van der Waals surface area (Å²) in [7, 11) is 0. The lowest BCUT2D eigenvalue weighted by molar-refractivity contribution is -0.121. The summed E-state index contributed by atoms with van der Waals surface area (Å²) in [4.78, 5) is 16.7. The van der Waals surface area contributed by atoms with Gasteiger partial charge in [-0.05, 0) is 61.7 Å². The van der Waals surface area contributed by atoms with Gasteiger partial charge in [-0.3, -0.25) is 4.79 Å². The molecule has 0 unspecified atom stereocenters. The summed E-state index contributed by atoms with van der Waals surface area (Å²) >= 11 is 0. The zero-order valence-corrected chi connectivity index (χ0v) is 15.7. The van der Waals surface area contributed by atoms with Crippen LogP contribution in [0.1, 0.15) is 22.5 Å². The Kier molecular flexibility index (Phi) is 5.67. The fraction of sp³-hybridized carbons (Fsp3) is 0.250. The molecule has 3 rings (SSSR count). The molecule has 0 saturated carbocycles. The van der Waals surface area contributed by atoms with Gasteiger partial charge in [0.1, 0.15) is 18.1 Å². The van der Waals surface area contributed by atoms with Crippen molar-refractivity contribution in [2.24, 2.45) is 5.10 Å². The molecule has 0 aliphatic heterocycles. The van der Waals surface area contributed by atoms with Gasteiger partial charge in [0.2, 0.25) is 0 Å². The molecular weight excluding hydrogens is 366 g/mol. The Labute approximate surface area is 160 Å². The first-order chi connectivity index (χ1) is 13.3. The number of carbonyl (C=O) groups excluding carboxylic acids is 1. The SMILES string of the molecule is Cc1cc(/C=N\NC(=O)Cn2c(C)nc3ccccc32)cc(C)c1OC(F)F. The fourth-order valence-corrected chi connectivity index (χ4v) is 3.09. The van der Waals surface area contributed by atoms with Gasteiger partial charge in [0.25, 0.3) is 5.91 Å². The number of carbonyl (C=O) groups is 1. The number of aromatic nitrogens is 2. The maximum Gasteiger partial charge on any atom is 0.387 e. The summed E-state index contributed by atoms with van der Waals surface area (Å²) in [5.41, 5.74) is 5.97. The van der Waals surface area contributed by atoms with Gasteiger partial charge in [-0.1, -0.05) is 12.1 Å². The van der Waals surface area contributed by atoms with Gasteiger partial charge in [0, 0.05) is 0 Å². The summed E-state index contributed by atoms with van der Waals surface area (Å²) < 4.78 is 31.2. The lowest BCUT2D eigenvalue weighted by atomic mass is 10.1. The highest BCUT2D eigenvalue weighted by atomic mass is 19.3. The Morgan fingerprint density at radius 3 is 2.61 bits per heavy atom. The molecule has 1 amide bonds. The molecule has 0 fully saturated rings. The maximum absolute atomic E-state index is 12.5. The van der Waals surface area contributed by atoms with Crippen LogP contribution in [0.15, 0.2) is 41.5 Å². The first kappa shape index (κ1) is 19.5. The van der Waals surface area contributed by atoms with Crippen molar-refractivity contribution in [2.45, 2.75) is 33.9 Å². The quantitative estimate of drug-likeness (QED) is 0.519. The number of imidazole rings is 1. The summed E-state index contributed by atoms with van der Waals surface area (Å²) in [5.74, 6) is 0.591. The van der Waals surface area contributed by atoms with Crippen LogP contribution in [0.2, 0.25) is 0 Å². The van der Waals surface area contributed by atoms with E-state index < -0.39 is 6.61 Å². The van der Waals surface area contributed by atoms with Crippen LogP contribution in [-0.4, -0.2) is 28.3 Å². The van der Waals surface area contributed by atoms with Crippen molar-refractivity contribution >= 4 is 23.2 Å². The fourth-order valence-electron chi connectivity index (χ4n) is 3.09. The average molecular weight is 386 g/mol. The third-order valence-electron chi connectivity index (χ3n) is 4.24. The van der Waals surface area contributed by atoms with E-state index in [-0.39, 0.29) is 18.2 Å². The van der Waals surface area contributed by atoms with Gasteiger partial charge in [-0.25, -0.2) is 10.4 Å². The number of nitrogens with one attached hydrogen (secondary N) is 1. The Morgan fingerprint density at radius 1 is 1.25 bits per heavy atom. The second-order valence-electron chi connectivity index (χ2n) is 6.39. The Morgan fingerprint density at radius 2 is 1.93 bits per heavy atom. The van der Waals surface area contributed by atoms with Crippen molar-refractivity contribution in [1.29, 1.82) is 0 Å². The second kappa shape index (κ2) is 8.16. The molecule has 8 heteroatoms. The minimum absolute atomic E-state index is 0.0862. The normalized spacial score (nSPS) is 11.5. The number of hydrogen-bond donors (Lipinski definition) is 1.